The Labute approximate surface area is 186 Å². The van der Waals surface area contributed by atoms with Crippen LogP contribution in [0.15, 0.2) is 17.7 Å². The maximum absolute atomic E-state index is 10.4. The van der Waals surface area contributed by atoms with Gasteiger partial charge < -0.3 is 5.11 Å². The van der Waals surface area contributed by atoms with Gasteiger partial charge in [0.25, 0.3) is 0 Å². The predicted molar refractivity (Wildman–Crippen MR) is 127 cm³/mol. The fourth-order valence-electron chi connectivity index (χ4n) is 9.09. The quantitative estimate of drug-likeness (QED) is 0.446. The monoisotopic (exact) mass is 411 g/mol. The van der Waals surface area contributed by atoms with E-state index in [9.17, 15) is 5.11 Å². The van der Waals surface area contributed by atoms with Gasteiger partial charge in [-0.2, -0.15) is 0 Å². The van der Waals surface area contributed by atoms with Crippen molar-refractivity contribution in [1.82, 2.24) is 0 Å². The van der Waals surface area contributed by atoms with Crippen molar-refractivity contribution in [3.8, 4) is 0 Å². The highest BCUT2D eigenvalue weighted by atomic mass is 16.3. The highest BCUT2D eigenvalue weighted by Gasteiger charge is 2.60. The van der Waals surface area contributed by atoms with Gasteiger partial charge in [0, 0.05) is 0 Å². The first kappa shape index (κ1) is 22.6. The summed E-state index contributed by atoms with van der Waals surface area (Å²) in [4.78, 5) is 0. The molecule has 30 heavy (non-hydrogen) atoms. The Kier molecular flexibility index (Phi) is 6.35. The summed E-state index contributed by atoms with van der Waals surface area (Å²) in [6, 6.07) is 0. The molecule has 0 saturated heterocycles. The molecule has 3 fully saturated rings. The molecule has 0 heterocycles. The number of aliphatic hydroxyl groups is 1. The molecule has 0 amide bonds. The zero-order chi connectivity index (χ0) is 21.7. The smallest absolute Gasteiger partial charge is 0.0583 e. The minimum absolute atomic E-state index is 0.180. The van der Waals surface area contributed by atoms with Gasteiger partial charge >= 0.3 is 0 Å². The minimum atomic E-state index is -0.206. The summed E-state index contributed by atoms with van der Waals surface area (Å²) in [5.41, 5.74) is 2.24. The van der Waals surface area contributed by atoms with Gasteiger partial charge in [-0.1, -0.05) is 78.2 Å². The molecule has 4 aliphatic rings. The van der Waals surface area contributed by atoms with Crippen LogP contribution in [0.25, 0.3) is 0 Å². The van der Waals surface area contributed by atoms with Crippen LogP contribution in [0.2, 0.25) is 0 Å². The zero-order valence-electron chi connectivity index (χ0n) is 20.4. The first-order chi connectivity index (χ1) is 14.2. The lowest BCUT2D eigenvalue weighted by atomic mass is 9.45. The average molecular weight is 412 g/mol. The number of hydrogen-bond donors (Lipinski definition) is 1. The molecule has 0 spiro atoms. The lowest BCUT2D eigenvalue weighted by Gasteiger charge is -2.60. The number of fused-ring (bicyclic) bond motifs is 5. The van der Waals surface area contributed by atoms with Crippen LogP contribution in [-0.4, -0.2) is 11.2 Å². The van der Waals surface area contributed by atoms with Gasteiger partial charge in [-0.15, -0.1) is 0 Å². The Morgan fingerprint density at radius 2 is 1.90 bits per heavy atom. The first-order valence-electron chi connectivity index (χ1n) is 13.1. The normalized spacial score (nSPS) is 46.6. The Balaban J connectivity index is 1.54. The number of allylic oxidation sites excluding steroid dienone is 2. The maximum Gasteiger partial charge on any atom is 0.0583 e. The maximum atomic E-state index is 10.4. The molecule has 1 N–H and O–H groups in total. The molecule has 3 saturated carbocycles. The van der Waals surface area contributed by atoms with Crippen LogP contribution in [0, 0.1) is 58.8 Å². The number of rotatable bonds is 6. The van der Waals surface area contributed by atoms with Crippen LogP contribution in [0.1, 0.15) is 98.8 Å². The number of aliphatic hydroxyl groups excluding tert-OH is 1. The lowest BCUT2D eigenvalue weighted by molar-refractivity contribution is -0.0706. The van der Waals surface area contributed by atoms with Crippen molar-refractivity contribution in [2.45, 2.75) is 105 Å². The molecule has 4 aliphatic carbocycles. The van der Waals surface area contributed by atoms with E-state index < -0.39 is 0 Å². The second kappa shape index (κ2) is 8.42. The van der Waals surface area contributed by atoms with E-state index in [0.717, 1.165) is 48.3 Å². The van der Waals surface area contributed by atoms with Crippen molar-refractivity contribution < 1.29 is 5.11 Å². The van der Waals surface area contributed by atoms with Crippen LogP contribution >= 0.6 is 0 Å². The van der Waals surface area contributed by atoms with E-state index in [4.69, 9.17) is 6.58 Å². The van der Waals surface area contributed by atoms with Crippen molar-refractivity contribution in [2.75, 3.05) is 0 Å². The summed E-state index contributed by atoms with van der Waals surface area (Å²) >= 11 is 0. The van der Waals surface area contributed by atoms with E-state index in [2.05, 4.69) is 40.7 Å². The molecule has 0 aromatic rings. The summed E-state index contributed by atoms with van der Waals surface area (Å²) < 4.78 is 0. The van der Waals surface area contributed by atoms with E-state index >= 15 is 0 Å². The summed E-state index contributed by atoms with van der Waals surface area (Å²) in [7, 11) is 0. The summed E-state index contributed by atoms with van der Waals surface area (Å²) in [5.74, 6) is 5.41. The molecule has 0 aromatic heterocycles. The predicted octanol–water partition coefficient (Wildman–Crippen LogP) is 7.60. The van der Waals surface area contributed by atoms with Gasteiger partial charge in [0.2, 0.25) is 0 Å². The molecule has 169 valence electrons. The molecular formula is C29H47O. The number of hydrogen-bond acceptors (Lipinski definition) is 1. The molecule has 1 heteroatoms. The summed E-state index contributed by atoms with van der Waals surface area (Å²) in [5, 5.41) is 10.4. The lowest BCUT2D eigenvalue weighted by Crippen LogP contribution is -2.53. The third-order valence-corrected chi connectivity index (χ3v) is 10.7. The minimum Gasteiger partial charge on any atom is -0.393 e. The molecule has 1 nitrogen and oxygen atoms in total. The van der Waals surface area contributed by atoms with Crippen LogP contribution in [0.5, 0.6) is 0 Å². The van der Waals surface area contributed by atoms with Crippen molar-refractivity contribution in [2.24, 2.45) is 52.3 Å². The Morgan fingerprint density at radius 3 is 2.60 bits per heavy atom. The Morgan fingerprint density at radius 1 is 1.13 bits per heavy atom. The average Bonchev–Trinajstić information content (AvgIpc) is 3.05. The molecule has 4 rings (SSSR count). The third kappa shape index (κ3) is 3.56. The van der Waals surface area contributed by atoms with Crippen LogP contribution < -0.4 is 0 Å². The second-order valence-electron chi connectivity index (χ2n) is 12.5. The molecule has 0 bridgehead atoms. The highest BCUT2D eigenvalue weighted by molar-refractivity contribution is 5.28. The third-order valence-electron chi connectivity index (χ3n) is 10.7. The SMILES string of the molecule is [CH]=CC1C[C@H](O)CC2=CC[C@H]3[C@@H]4CC[C@H]([C@H](C)CCCC(C)C)[C@@]4(C)CC[C@@H]3[C@]21C. The molecule has 9 atom stereocenters. The second-order valence-corrected chi connectivity index (χ2v) is 12.5. The molecule has 0 aliphatic heterocycles. The first-order valence-corrected chi connectivity index (χ1v) is 13.1. The van der Waals surface area contributed by atoms with E-state index in [-0.39, 0.29) is 11.5 Å². The highest BCUT2D eigenvalue weighted by Crippen LogP contribution is 2.68. The van der Waals surface area contributed by atoms with Gasteiger partial charge in [0.1, 0.15) is 0 Å². The van der Waals surface area contributed by atoms with E-state index in [1.807, 2.05) is 6.08 Å². The van der Waals surface area contributed by atoms with Crippen LogP contribution in [0.4, 0.5) is 0 Å². The Bertz CT molecular complexity index is 661. The van der Waals surface area contributed by atoms with E-state index in [0.29, 0.717) is 11.3 Å². The van der Waals surface area contributed by atoms with Crippen molar-refractivity contribution in [3.05, 3.63) is 24.3 Å². The van der Waals surface area contributed by atoms with Gasteiger partial charge in [0.15, 0.2) is 0 Å². The summed E-state index contributed by atoms with van der Waals surface area (Å²) in [6.07, 6.45) is 17.1. The largest absolute Gasteiger partial charge is 0.393 e. The standard InChI is InChI=1S/C29H47O/c1-7-21-17-23(30)18-22-11-12-24-26-14-13-25(20(4)10-8-9-19(2)3)28(26,5)16-15-27(24)29(21,22)6/h1,7,11,19-21,23-27,30H,8-10,12-18H2,2-6H3/t20-,21?,23+,24+,25-,26+,27+,28-,29+/m1/s1. The van der Waals surface area contributed by atoms with Gasteiger partial charge in [0.05, 0.1) is 6.10 Å². The van der Waals surface area contributed by atoms with Gasteiger partial charge in [-0.05, 0) is 97.2 Å². The zero-order valence-corrected chi connectivity index (χ0v) is 20.4. The van der Waals surface area contributed by atoms with Crippen molar-refractivity contribution in [1.29, 1.82) is 0 Å². The fourth-order valence-corrected chi connectivity index (χ4v) is 9.09. The summed E-state index contributed by atoms with van der Waals surface area (Å²) in [6.45, 7) is 18.6. The van der Waals surface area contributed by atoms with Crippen LogP contribution in [-0.2, 0) is 0 Å². The fraction of sp³-hybridized carbons (Fsp3) is 0.862. The van der Waals surface area contributed by atoms with Crippen molar-refractivity contribution >= 4 is 0 Å². The van der Waals surface area contributed by atoms with Crippen molar-refractivity contribution in [3.63, 3.8) is 0 Å². The Hall–Kier alpha value is -0.560. The van der Waals surface area contributed by atoms with Gasteiger partial charge in [-0.25, -0.2) is 0 Å². The van der Waals surface area contributed by atoms with E-state index in [1.54, 1.807) is 0 Å². The topological polar surface area (TPSA) is 20.2 Å². The molecule has 1 radical (unpaired) electrons. The van der Waals surface area contributed by atoms with E-state index in [1.165, 1.54) is 56.9 Å². The van der Waals surface area contributed by atoms with Gasteiger partial charge in [-0.3, -0.25) is 0 Å². The molecule has 1 unspecified atom stereocenters. The molecular weight excluding hydrogens is 364 g/mol. The van der Waals surface area contributed by atoms with Crippen LogP contribution in [0.3, 0.4) is 0 Å². The molecule has 0 aromatic carbocycles.